The van der Waals surface area contributed by atoms with Crippen molar-refractivity contribution < 1.29 is 9.59 Å². The monoisotopic (exact) mass is 322 g/mol. The minimum absolute atomic E-state index is 0.126. The van der Waals surface area contributed by atoms with E-state index in [9.17, 15) is 9.59 Å². The molecule has 0 spiro atoms. The zero-order chi connectivity index (χ0) is 17.1. The first-order chi connectivity index (χ1) is 11.5. The van der Waals surface area contributed by atoms with E-state index in [-0.39, 0.29) is 12.3 Å². The first-order valence-corrected chi connectivity index (χ1v) is 7.55. The standard InChI is InChI=1S/C18H18N4O2/c1-11-15(14-7-2-3-8-16(14)20-11)10-17(23)21-12-5-4-6-13(9-12)22-18(19)24/h2-9,20H,10H2,1H3,(H,21,23)(H3,19,22,24). The number of fused-ring (bicyclic) bond motifs is 1. The van der Waals surface area contributed by atoms with E-state index in [1.807, 2.05) is 31.2 Å². The van der Waals surface area contributed by atoms with Crippen LogP contribution in [0.3, 0.4) is 0 Å². The molecule has 3 aromatic rings. The zero-order valence-electron chi connectivity index (χ0n) is 13.2. The van der Waals surface area contributed by atoms with Crippen molar-refractivity contribution in [2.75, 3.05) is 10.6 Å². The summed E-state index contributed by atoms with van der Waals surface area (Å²) >= 11 is 0. The molecule has 6 heteroatoms. The highest BCUT2D eigenvalue weighted by Crippen LogP contribution is 2.23. The third-order valence-corrected chi connectivity index (χ3v) is 3.78. The van der Waals surface area contributed by atoms with Gasteiger partial charge in [0.05, 0.1) is 6.42 Å². The lowest BCUT2D eigenvalue weighted by Crippen LogP contribution is -2.19. The van der Waals surface area contributed by atoms with Gasteiger partial charge < -0.3 is 21.4 Å². The number of hydrogen-bond acceptors (Lipinski definition) is 2. The molecule has 0 atom stereocenters. The molecule has 0 aliphatic rings. The molecule has 0 aliphatic heterocycles. The first-order valence-electron chi connectivity index (χ1n) is 7.55. The van der Waals surface area contributed by atoms with Crippen molar-refractivity contribution in [1.82, 2.24) is 4.98 Å². The summed E-state index contributed by atoms with van der Waals surface area (Å²) in [6, 6.07) is 14.1. The van der Waals surface area contributed by atoms with Gasteiger partial charge in [-0.15, -0.1) is 0 Å². The van der Waals surface area contributed by atoms with E-state index in [4.69, 9.17) is 5.73 Å². The van der Waals surface area contributed by atoms with Crippen LogP contribution in [0, 0.1) is 6.92 Å². The Morgan fingerprint density at radius 1 is 1.04 bits per heavy atom. The highest BCUT2D eigenvalue weighted by atomic mass is 16.2. The molecule has 0 saturated heterocycles. The fourth-order valence-electron chi connectivity index (χ4n) is 2.75. The molecule has 1 heterocycles. The number of aryl methyl sites for hydroxylation is 1. The van der Waals surface area contributed by atoms with Crippen LogP contribution in [0.25, 0.3) is 10.9 Å². The molecular formula is C18H18N4O2. The van der Waals surface area contributed by atoms with Gasteiger partial charge in [0, 0.05) is 28.0 Å². The summed E-state index contributed by atoms with van der Waals surface area (Å²) in [5.74, 6) is -0.126. The molecule has 3 rings (SSSR count). The van der Waals surface area contributed by atoms with Crippen molar-refractivity contribution in [3.63, 3.8) is 0 Å². The smallest absolute Gasteiger partial charge is 0.316 e. The molecule has 2 aromatic carbocycles. The lowest BCUT2D eigenvalue weighted by atomic mass is 10.1. The Kier molecular flexibility index (Phi) is 4.20. The van der Waals surface area contributed by atoms with Gasteiger partial charge in [0.2, 0.25) is 5.91 Å². The zero-order valence-corrected chi connectivity index (χ0v) is 13.2. The predicted octanol–water partition coefficient (Wildman–Crippen LogP) is 3.15. The summed E-state index contributed by atoms with van der Waals surface area (Å²) in [4.78, 5) is 26.6. The molecule has 0 unspecified atom stereocenters. The number of H-pyrrole nitrogens is 1. The molecule has 5 N–H and O–H groups in total. The van der Waals surface area contributed by atoms with Gasteiger partial charge in [-0.2, -0.15) is 0 Å². The van der Waals surface area contributed by atoms with Crippen LogP contribution in [-0.2, 0) is 11.2 Å². The Morgan fingerprint density at radius 3 is 2.50 bits per heavy atom. The Hall–Kier alpha value is -3.28. The number of anilines is 2. The Balaban J connectivity index is 1.76. The molecule has 0 aliphatic carbocycles. The third-order valence-electron chi connectivity index (χ3n) is 3.78. The normalized spacial score (nSPS) is 10.5. The number of benzene rings is 2. The summed E-state index contributed by atoms with van der Waals surface area (Å²) in [7, 11) is 0. The van der Waals surface area contributed by atoms with Gasteiger partial charge in [-0.05, 0) is 36.8 Å². The van der Waals surface area contributed by atoms with E-state index in [0.29, 0.717) is 11.4 Å². The van der Waals surface area contributed by atoms with Crippen molar-refractivity contribution in [1.29, 1.82) is 0 Å². The summed E-state index contributed by atoms with van der Waals surface area (Å²) in [6.07, 6.45) is 0.267. The number of urea groups is 1. The number of aromatic amines is 1. The molecule has 122 valence electrons. The van der Waals surface area contributed by atoms with Crippen LogP contribution in [0.1, 0.15) is 11.3 Å². The number of nitrogens with one attached hydrogen (secondary N) is 3. The number of carbonyl (C=O) groups is 2. The summed E-state index contributed by atoms with van der Waals surface area (Å²) < 4.78 is 0. The van der Waals surface area contributed by atoms with Gasteiger partial charge in [-0.3, -0.25) is 4.79 Å². The lowest BCUT2D eigenvalue weighted by molar-refractivity contribution is -0.115. The van der Waals surface area contributed by atoms with Crippen LogP contribution in [0.4, 0.5) is 16.2 Å². The largest absolute Gasteiger partial charge is 0.358 e. The Labute approximate surface area is 139 Å². The molecule has 0 radical (unpaired) electrons. The number of carbonyl (C=O) groups excluding carboxylic acids is 2. The maximum atomic E-state index is 12.4. The second-order valence-electron chi connectivity index (χ2n) is 5.57. The van der Waals surface area contributed by atoms with E-state index in [1.54, 1.807) is 24.3 Å². The molecule has 0 bridgehead atoms. The minimum atomic E-state index is -0.645. The maximum absolute atomic E-state index is 12.4. The number of rotatable bonds is 4. The number of hydrogen-bond donors (Lipinski definition) is 4. The Bertz CT molecular complexity index is 914. The van der Waals surface area contributed by atoms with Crippen LogP contribution in [0.5, 0.6) is 0 Å². The maximum Gasteiger partial charge on any atom is 0.316 e. The molecule has 6 nitrogen and oxygen atoms in total. The summed E-state index contributed by atoms with van der Waals surface area (Å²) in [6.45, 7) is 1.96. The number of amides is 3. The average Bonchev–Trinajstić information content (AvgIpc) is 2.83. The lowest BCUT2D eigenvalue weighted by Gasteiger charge is -2.08. The van der Waals surface area contributed by atoms with Crippen LogP contribution in [0.2, 0.25) is 0 Å². The molecule has 1 aromatic heterocycles. The van der Waals surface area contributed by atoms with Crippen molar-refractivity contribution >= 4 is 34.2 Å². The van der Waals surface area contributed by atoms with Crippen LogP contribution < -0.4 is 16.4 Å². The van der Waals surface area contributed by atoms with Crippen molar-refractivity contribution in [2.45, 2.75) is 13.3 Å². The van der Waals surface area contributed by atoms with E-state index >= 15 is 0 Å². The van der Waals surface area contributed by atoms with Crippen molar-refractivity contribution in [3.05, 3.63) is 59.8 Å². The molecule has 0 saturated carbocycles. The minimum Gasteiger partial charge on any atom is -0.358 e. The molecule has 0 fully saturated rings. The van der Waals surface area contributed by atoms with Gasteiger partial charge >= 0.3 is 6.03 Å². The van der Waals surface area contributed by atoms with Gasteiger partial charge in [-0.25, -0.2) is 4.79 Å². The molecular weight excluding hydrogens is 304 g/mol. The van der Waals surface area contributed by atoms with Crippen LogP contribution in [0.15, 0.2) is 48.5 Å². The number of para-hydroxylation sites is 1. The fraction of sp³-hybridized carbons (Fsp3) is 0.111. The fourth-order valence-corrected chi connectivity index (χ4v) is 2.75. The topological polar surface area (TPSA) is 100 Å². The first kappa shape index (κ1) is 15.6. The van der Waals surface area contributed by atoms with Crippen LogP contribution >= 0.6 is 0 Å². The van der Waals surface area contributed by atoms with Crippen molar-refractivity contribution in [3.8, 4) is 0 Å². The Morgan fingerprint density at radius 2 is 1.75 bits per heavy atom. The van der Waals surface area contributed by atoms with E-state index < -0.39 is 6.03 Å². The highest BCUT2D eigenvalue weighted by Gasteiger charge is 2.12. The molecule has 3 amide bonds. The third kappa shape index (κ3) is 3.38. The second-order valence-corrected chi connectivity index (χ2v) is 5.57. The van der Waals surface area contributed by atoms with E-state index in [0.717, 1.165) is 22.2 Å². The summed E-state index contributed by atoms with van der Waals surface area (Å²) in [5, 5.41) is 6.37. The predicted molar refractivity (Wildman–Crippen MR) is 95.0 cm³/mol. The quantitative estimate of drug-likeness (QED) is 0.593. The van der Waals surface area contributed by atoms with Gasteiger partial charge in [0.1, 0.15) is 0 Å². The summed E-state index contributed by atoms with van der Waals surface area (Å²) in [5.41, 5.74) is 9.21. The second kappa shape index (κ2) is 6.45. The average molecular weight is 322 g/mol. The van der Waals surface area contributed by atoms with Gasteiger partial charge in [-0.1, -0.05) is 24.3 Å². The highest BCUT2D eigenvalue weighted by molar-refractivity contribution is 5.97. The van der Waals surface area contributed by atoms with Gasteiger partial charge in [0.25, 0.3) is 0 Å². The van der Waals surface area contributed by atoms with E-state index in [1.165, 1.54) is 0 Å². The SMILES string of the molecule is Cc1[nH]c2ccccc2c1CC(=O)Nc1cccc(NC(N)=O)c1. The number of primary amides is 1. The van der Waals surface area contributed by atoms with Crippen molar-refractivity contribution in [2.24, 2.45) is 5.73 Å². The number of nitrogens with two attached hydrogens (primary N) is 1. The van der Waals surface area contributed by atoms with E-state index in [2.05, 4.69) is 15.6 Å². The molecule has 24 heavy (non-hydrogen) atoms. The number of aromatic nitrogens is 1. The van der Waals surface area contributed by atoms with Crippen LogP contribution in [-0.4, -0.2) is 16.9 Å². The van der Waals surface area contributed by atoms with Gasteiger partial charge in [0.15, 0.2) is 0 Å².